The molecule has 22 heteroatoms. The minimum atomic E-state index is -2.25. The smallest absolute Gasteiger partial charge is 0.353 e. The van der Waals surface area contributed by atoms with Gasteiger partial charge in [0.1, 0.15) is 11.1 Å². The Morgan fingerprint density at radius 1 is 1.18 bits per heavy atom. The van der Waals surface area contributed by atoms with Gasteiger partial charge in [0, 0.05) is 31.5 Å². The van der Waals surface area contributed by atoms with Crippen molar-refractivity contribution in [2.24, 2.45) is 10.8 Å². The molecular formula is C29H30N10O10S2. The lowest BCUT2D eigenvalue weighted by Gasteiger charge is -2.57. The summed E-state index contributed by atoms with van der Waals surface area (Å²) in [6.45, 7) is 1.82. The Labute approximate surface area is 297 Å². The zero-order chi connectivity index (χ0) is 37.4. The first-order valence-electron chi connectivity index (χ1n) is 15.0. The van der Waals surface area contributed by atoms with E-state index in [0.29, 0.717) is 0 Å². The number of hydrogen-bond donors (Lipinski definition) is 5. The third-order valence-electron chi connectivity index (χ3n) is 8.46. The fourth-order valence-corrected chi connectivity index (χ4v) is 7.91. The molecule has 1 aromatic carbocycles. The number of amides is 8. The van der Waals surface area contributed by atoms with E-state index in [9.17, 15) is 48.3 Å². The predicted molar refractivity (Wildman–Crippen MR) is 178 cm³/mol. The number of β-lactam (4-membered cyclic amide) rings is 1. The monoisotopic (exact) mass is 742 g/mol. The number of fused-ring (bicyclic) bond motifs is 1. The first kappa shape index (κ1) is 36.4. The van der Waals surface area contributed by atoms with Crippen LogP contribution in [0.2, 0.25) is 0 Å². The fraction of sp³-hybridized carbons (Fsp3) is 0.345. The van der Waals surface area contributed by atoms with E-state index in [4.69, 9.17) is 18.0 Å². The van der Waals surface area contributed by atoms with Gasteiger partial charge in [-0.3, -0.25) is 48.3 Å². The third kappa shape index (κ3) is 6.11. The lowest BCUT2D eigenvalue weighted by molar-refractivity contribution is -0.178. The number of nitrogens with one attached hydrogen (secondary N) is 3. The van der Waals surface area contributed by atoms with Gasteiger partial charge in [-0.2, -0.15) is 5.10 Å². The number of hydrazine groups is 1. The van der Waals surface area contributed by atoms with Crippen LogP contribution in [0.5, 0.6) is 0 Å². The molecule has 0 bridgehead atoms. The number of carbonyl (C=O) groups excluding carboxylic acids is 8. The summed E-state index contributed by atoms with van der Waals surface area (Å²) < 4.78 is 0. The molecule has 2 unspecified atom stereocenters. The average molecular weight is 743 g/mol. The molecule has 4 heterocycles. The first-order chi connectivity index (χ1) is 24.2. The Hall–Kier alpha value is -5.90. The van der Waals surface area contributed by atoms with Crippen LogP contribution >= 0.6 is 24.0 Å². The zero-order valence-corrected chi connectivity index (χ0v) is 28.4. The lowest BCUT2D eigenvalue weighted by atomic mass is 9.93. The van der Waals surface area contributed by atoms with Crippen LogP contribution in [0, 0.1) is 0 Å². The standard InChI is InChI=1S/C29H30N10O10S2/c1-3-36-9-10-37(25(46)24(36)45)38(13-41)17(14-7-5-4-6-8-14)23(44)33-29(31-12-40)27(49)39-18(26(47)48)15(11-51-28(29)39)19(50)21-32-22(43)16(20(30)42)34-35(21)2/h4-8,12-13,17,21,28H,3,9-11H2,1-2H3,(H2,30,42)(H,31,40)(H,32,43)(H,33,44)(H,47,48)/t17?,21?,28-,29+/m0/s1. The molecule has 4 aliphatic rings. The maximum absolute atomic E-state index is 14.2. The molecule has 0 radical (unpaired) electrons. The summed E-state index contributed by atoms with van der Waals surface area (Å²) in [5, 5.41) is 22.7. The van der Waals surface area contributed by atoms with Crippen molar-refractivity contribution in [3.8, 4) is 0 Å². The van der Waals surface area contributed by atoms with Crippen molar-refractivity contribution in [3.05, 3.63) is 47.2 Å². The van der Waals surface area contributed by atoms with Crippen molar-refractivity contribution in [2.75, 3.05) is 32.4 Å². The molecule has 5 rings (SSSR count). The largest absolute Gasteiger partial charge is 0.477 e. The molecule has 0 spiro atoms. The number of nitrogens with zero attached hydrogens (tertiary/aromatic N) is 6. The van der Waals surface area contributed by atoms with Crippen LogP contribution in [-0.4, -0.2) is 144 Å². The van der Waals surface area contributed by atoms with E-state index in [-0.39, 0.29) is 54.2 Å². The number of hydrogen-bond acceptors (Lipinski definition) is 13. The van der Waals surface area contributed by atoms with Gasteiger partial charge in [0.15, 0.2) is 12.2 Å². The molecule has 0 aliphatic carbocycles. The highest BCUT2D eigenvalue weighted by Crippen LogP contribution is 2.46. The molecule has 2 fully saturated rings. The summed E-state index contributed by atoms with van der Waals surface area (Å²) >= 11 is 6.44. The maximum Gasteiger partial charge on any atom is 0.353 e. The van der Waals surface area contributed by atoms with Crippen LogP contribution in [0.15, 0.2) is 46.7 Å². The average Bonchev–Trinajstić information content (AvgIpc) is 3.11. The quantitative estimate of drug-likeness (QED) is 0.0428. The van der Waals surface area contributed by atoms with Gasteiger partial charge >= 0.3 is 17.8 Å². The van der Waals surface area contributed by atoms with Crippen molar-refractivity contribution in [1.29, 1.82) is 0 Å². The highest BCUT2D eigenvalue weighted by Gasteiger charge is 2.67. The maximum atomic E-state index is 14.2. The Kier molecular flexibility index (Phi) is 10.1. The number of carboxylic acids is 1. The van der Waals surface area contributed by atoms with Gasteiger partial charge in [-0.05, 0) is 12.5 Å². The van der Waals surface area contributed by atoms with Gasteiger partial charge in [-0.15, -0.1) is 11.8 Å². The second-order valence-electron chi connectivity index (χ2n) is 11.3. The van der Waals surface area contributed by atoms with Gasteiger partial charge in [-0.1, -0.05) is 42.5 Å². The second kappa shape index (κ2) is 14.1. The Morgan fingerprint density at radius 3 is 2.45 bits per heavy atom. The van der Waals surface area contributed by atoms with Crippen molar-refractivity contribution in [3.63, 3.8) is 0 Å². The number of likely N-dealkylation sites (N-methyl/N-ethyl adjacent to an activating group) is 1. The molecule has 1 aromatic rings. The van der Waals surface area contributed by atoms with E-state index in [1.165, 1.54) is 24.1 Å². The fourth-order valence-electron chi connectivity index (χ4n) is 6.00. The van der Waals surface area contributed by atoms with Gasteiger partial charge in [0.25, 0.3) is 23.6 Å². The molecule has 2 saturated heterocycles. The van der Waals surface area contributed by atoms with Crippen molar-refractivity contribution >= 4 is 88.8 Å². The normalized spacial score (nSPS) is 23.7. The molecule has 4 atom stereocenters. The number of carboxylic acid groups (broad SMARTS) is 1. The number of primary amides is 1. The SMILES string of the molecule is CCN1CCN(N(C=O)C(C(=O)N[C@]2(NC=O)C(=O)N3C(C(=O)O)=C(C(=S)C4NC(=O)C(C(N)=O)=NN4C)CS[C@H]32)c2ccccc2)C(=O)C1=O. The van der Waals surface area contributed by atoms with Crippen LogP contribution in [0.3, 0.4) is 0 Å². The van der Waals surface area contributed by atoms with Crippen molar-refractivity contribution in [1.82, 2.24) is 40.8 Å². The molecule has 268 valence electrons. The lowest BCUT2D eigenvalue weighted by Crippen LogP contribution is -2.85. The number of hydrazone groups is 1. The van der Waals surface area contributed by atoms with Gasteiger partial charge in [-0.25, -0.2) is 14.8 Å². The number of thioether (sulfide) groups is 1. The molecule has 0 aromatic heterocycles. The summed E-state index contributed by atoms with van der Waals surface area (Å²) in [6, 6.07) is 6.01. The topological polar surface area (TPSA) is 265 Å². The number of aliphatic carboxylic acids is 1. The summed E-state index contributed by atoms with van der Waals surface area (Å²) in [6.07, 6.45) is -0.909. The molecule has 6 N–H and O–H groups in total. The van der Waals surface area contributed by atoms with E-state index in [1.807, 2.05) is 0 Å². The molecular weight excluding hydrogens is 713 g/mol. The van der Waals surface area contributed by atoms with Crippen LogP contribution in [-0.2, 0) is 43.2 Å². The molecule has 51 heavy (non-hydrogen) atoms. The Morgan fingerprint density at radius 2 is 1.86 bits per heavy atom. The predicted octanol–water partition coefficient (Wildman–Crippen LogP) is -3.80. The van der Waals surface area contributed by atoms with Gasteiger partial charge in [0.05, 0.1) is 11.4 Å². The van der Waals surface area contributed by atoms with Gasteiger partial charge < -0.3 is 31.7 Å². The van der Waals surface area contributed by atoms with Crippen molar-refractivity contribution < 1.29 is 48.3 Å². The van der Waals surface area contributed by atoms with E-state index in [1.54, 1.807) is 25.1 Å². The minimum Gasteiger partial charge on any atom is -0.477 e. The number of piperazine rings is 1. The van der Waals surface area contributed by atoms with Crippen LogP contribution in [0.25, 0.3) is 0 Å². The summed E-state index contributed by atoms with van der Waals surface area (Å²) in [4.78, 5) is 117. The van der Waals surface area contributed by atoms with Crippen LogP contribution in [0.1, 0.15) is 18.5 Å². The molecule has 4 aliphatic heterocycles. The van der Waals surface area contributed by atoms with Crippen LogP contribution in [0.4, 0.5) is 0 Å². The zero-order valence-electron chi connectivity index (χ0n) is 26.8. The first-order valence-corrected chi connectivity index (χ1v) is 16.5. The van der Waals surface area contributed by atoms with Gasteiger partial charge in [0.2, 0.25) is 24.2 Å². The number of benzene rings is 1. The number of nitrogens with two attached hydrogens (primary N) is 1. The second-order valence-corrected chi connectivity index (χ2v) is 12.8. The number of thiocarbonyl (C=S) groups is 1. The molecule has 20 nitrogen and oxygen atoms in total. The number of carbonyl (C=O) groups is 9. The van der Waals surface area contributed by atoms with E-state index >= 15 is 0 Å². The summed E-state index contributed by atoms with van der Waals surface area (Å²) in [5.41, 5.74) is 1.81. The Balaban J connectivity index is 1.48. The van der Waals surface area contributed by atoms with E-state index < -0.39 is 76.1 Å². The third-order valence-corrected chi connectivity index (χ3v) is 10.3. The minimum absolute atomic E-state index is 0.0603. The van der Waals surface area contributed by atoms with E-state index in [2.05, 4.69) is 21.1 Å². The highest BCUT2D eigenvalue weighted by molar-refractivity contribution is 8.00. The van der Waals surface area contributed by atoms with E-state index in [0.717, 1.165) is 31.7 Å². The van der Waals surface area contributed by atoms with Crippen LogP contribution < -0.4 is 21.7 Å². The highest BCUT2D eigenvalue weighted by atomic mass is 32.2. The summed E-state index contributed by atoms with van der Waals surface area (Å²) in [7, 11) is 1.35. The number of rotatable bonds is 13. The van der Waals surface area contributed by atoms with Crippen molar-refractivity contribution in [2.45, 2.75) is 30.2 Å². The summed E-state index contributed by atoms with van der Waals surface area (Å²) in [5.74, 6) is -8.01. The molecule has 0 saturated carbocycles. The Bertz CT molecular complexity index is 1820. The molecule has 8 amide bonds.